The molecule has 1 aromatic rings. The van der Waals surface area contributed by atoms with Crippen LogP contribution in [0.5, 0.6) is 0 Å². The average molecular weight is 277 g/mol. The second-order valence-electron chi connectivity index (χ2n) is 4.54. The third-order valence-electron chi connectivity index (χ3n) is 3.08. The van der Waals surface area contributed by atoms with E-state index in [4.69, 9.17) is 18.0 Å². The van der Waals surface area contributed by atoms with E-state index in [-0.39, 0.29) is 5.11 Å². The molecule has 5 nitrogen and oxygen atoms in total. The minimum atomic E-state index is 0.275. The highest BCUT2D eigenvalue weighted by atomic mass is 32.1. The van der Waals surface area contributed by atoms with Crippen LogP contribution in [0.15, 0.2) is 29.5 Å². The van der Waals surface area contributed by atoms with Crippen molar-refractivity contribution in [2.24, 2.45) is 10.8 Å². The first-order valence-corrected chi connectivity index (χ1v) is 6.90. The van der Waals surface area contributed by atoms with Gasteiger partial charge in [0.2, 0.25) is 5.11 Å². The molecule has 0 unspecified atom stereocenters. The van der Waals surface area contributed by atoms with E-state index in [1.54, 1.807) is 11.3 Å². The Balaban J connectivity index is 2.17. The molecule has 0 spiro atoms. The number of nitrogens with two attached hydrogens (primary N) is 1. The molecule has 1 aliphatic heterocycles. The van der Waals surface area contributed by atoms with E-state index in [1.165, 1.54) is 6.42 Å². The van der Waals surface area contributed by atoms with E-state index in [1.807, 2.05) is 25.1 Å². The van der Waals surface area contributed by atoms with Crippen LogP contribution in [-0.4, -0.2) is 39.0 Å². The van der Waals surface area contributed by atoms with Crippen molar-refractivity contribution in [3.63, 3.8) is 0 Å². The number of thiocarbonyl (C=S) groups is 1. The van der Waals surface area contributed by atoms with Crippen molar-refractivity contribution in [1.82, 2.24) is 15.1 Å². The molecule has 0 bridgehead atoms. The molecule has 2 heterocycles. The molecule has 6 heteroatoms. The van der Waals surface area contributed by atoms with Gasteiger partial charge in [-0.25, -0.2) is 0 Å². The van der Waals surface area contributed by atoms with Gasteiger partial charge >= 0.3 is 0 Å². The Morgan fingerprint density at radius 2 is 2.11 bits per heavy atom. The average Bonchev–Trinajstić information content (AvgIpc) is 2.46. The lowest BCUT2D eigenvalue weighted by Gasteiger charge is -2.34. The topological polar surface area (TPSA) is 57.8 Å². The third-order valence-corrected chi connectivity index (χ3v) is 3.24. The number of rotatable bonds is 3. The molecule has 0 aliphatic carbocycles. The molecule has 1 aliphatic rings. The number of hydrogen-bond donors (Lipinski definition) is 1. The first-order valence-electron chi connectivity index (χ1n) is 6.49. The molecular weight excluding hydrogens is 258 g/mol. The van der Waals surface area contributed by atoms with Crippen LogP contribution in [0.2, 0.25) is 0 Å². The lowest BCUT2D eigenvalue weighted by molar-refractivity contribution is 0.0289. The first kappa shape index (κ1) is 13.9. The van der Waals surface area contributed by atoms with Gasteiger partial charge in [-0.15, -0.1) is 0 Å². The van der Waals surface area contributed by atoms with E-state index in [0.29, 0.717) is 0 Å². The number of hydrogen-bond acceptors (Lipinski definition) is 4. The summed E-state index contributed by atoms with van der Waals surface area (Å²) in [6, 6.07) is 5.74. The molecule has 1 aromatic heterocycles. The number of hydrazine groups is 1. The summed E-state index contributed by atoms with van der Waals surface area (Å²) in [5, 5.41) is 8.53. The van der Waals surface area contributed by atoms with Gasteiger partial charge in [0.05, 0.1) is 11.4 Å². The molecule has 2 N–H and O–H groups in total. The van der Waals surface area contributed by atoms with Gasteiger partial charge < -0.3 is 5.73 Å². The Hall–Kier alpha value is -1.53. The fourth-order valence-corrected chi connectivity index (χ4v) is 2.24. The Morgan fingerprint density at radius 1 is 1.37 bits per heavy atom. The fourth-order valence-electron chi connectivity index (χ4n) is 2.09. The Kier molecular flexibility index (Phi) is 4.81. The van der Waals surface area contributed by atoms with Crippen molar-refractivity contribution < 1.29 is 0 Å². The first-order chi connectivity index (χ1) is 9.18. The van der Waals surface area contributed by atoms with Gasteiger partial charge in [0.15, 0.2) is 0 Å². The monoisotopic (exact) mass is 277 g/mol. The second-order valence-corrected chi connectivity index (χ2v) is 4.96. The molecule has 0 saturated carbocycles. The van der Waals surface area contributed by atoms with Crippen molar-refractivity contribution in [3.8, 4) is 0 Å². The molecule has 0 amide bonds. The highest BCUT2D eigenvalue weighted by molar-refractivity contribution is 7.80. The van der Waals surface area contributed by atoms with Crippen LogP contribution in [0, 0.1) is 0 Å². The summed E-state index contributed by atoms with van der Waals surface area (Å²) in [4.78, 5) is 4.28. The van der Waals surface area contributed by atoms with E-state index in [2.05, 4.69) is 15.1 Å². The summed E-state index contributed by atoms with van der Waals surface area (Å²) < 4.78 is 0. The Labute approximate surface area is 119 Å². The van der Waals surface area contributed by atoms with E-state index >= 15 is 0 Å². The summed E-state index contributed by atoms with van der Waals surface area (Å²) in [6.45, 7) is 3.80. The van der Waals surface area contributed by atoms with Crippen LogP contribution >= 0.6 is 12.2 Å². The molecule has 0 atom stereocenters. The van der Waals surface area contributed by atoms with Crippen LogP contribution < -0.4 is 5.73 Å². The van der Waals surface area contributed by atoms with Crippen LogP contribution in [0.3, 0.4) is 0 Å². The molecule has 0 aromatic carbocycles. The molecule has 1 saturated heterocycles. The summed E-state index contributed by atoms with van der Waals surface area (Å²) in [5.41, 5.74) is 7.42. The zero-order valence-corrected chi connectivity index (χ0v) is 11.9. The molecule has 1 fully saturated rings. The van der Waals surface area contributed by atoms with Crippen LogP contribution in [-0.2, 0) is 0 Å². The standard InChI is InChI=1S/C13H19N5S/c1-11(12-7-3-4-8-15-12)16-18(13(14)19)17-9-5-2-6-10-17/h3-4,7-8H,2,5-6,9-10H2,1H3,(H2,14,19). The summed E-state index contributed by atoms with van der Waals surface area (Å²) in [7, 11) is 0. The quantitative estimate of drug-likeness (QED) is 0.518. The predicted octanol–water partition coefficient (Wildman–Crippen LogP) is 1.75. The van der Waals surface area contributed by atoms with Gasteiger partial charge in [-0.2, -0.15) is 15.2 Å². The highest BCUT2D eigenvalue weighted by Crippen LogP contribution is 2.12. The number of nitrogens with zero attached hydrogens (tertiary/aromatic N) is 4. The number of piperidine rings is 1. The van der Waals surface area contributed by atoms with Crippen LogP contribution in [0.4, 0.5) is 0 Å². The van der Waals surface area contributed by atoms with Crippen LogP contribution in [0.25, 0.3) is 0 Å². The maximum Gasteiger partial charge on any atom is 0.203 e. The van der Waals surface area contributed by atoms with Crippen molar-refractivity contribution in [1.29, 1.82) is 0 Å². The normalized spacial score (nSPS) is 17.2. The highest BCUT2D eigenvalue weighted by Gasteiger charge is 2.19. The molecule has 102 valence electrons. The fraction of sp³-hybridized carbons (Fsp3) is 0.462. The Morgan fingerprint density at radius 3 is 2.68 bits per heavy atom. The van der Waals surface area contributed by atoms with Crippen LogP contribution in [0.1, 0.15) is 31.9 Å². The van der Waals surface area contributed by atoms with E-state index < -0.39 is 0 Å². The second kappa shape index (κ2) is 6.58. The van der Waals surface area contributed by atoms with Crippen molar-refractivity contribution in [2.75, 3.05) is 13.1 Å². The molecular formula is C13H19N5S. The zero-order chi connectivity index (χ0) is 13.7. The minimum Gasteiger partial charge on any atom is -0.374 e. The van der Waals surface area contributed by atoms with E-state index in [9.17, 15) is 0 Å². The molecule has 2 rings (SSSR count). The molecule has 0 radical (unpaired) electrons. The van der Waals surface area contributed by atoms with Gasteiger partial charge in [0, 0.05) is 19.3 Å². The molecule has 19 heavy (non-hydrogen) atoms. The van der Waals surface area contributed by atoms with Gasteiger partial charge in [0.25, 0.3) is 0 Å². The van der Waals surface area contributed by atoms with Gasteiger partial charge in [-0.1, -0.05) is 12.5 Å². The van der Waals surface area contributed by atoms with Crippen molar-refractivity contribution in [3.05, 3.63) is 30.1 Å². The van der Waals surface area contributed by atoms with Gasteiger partial charge in [0.1, 0.15) is 0 Å². The summed E-state index contributed by atoms with van der Waals surface area (Å²) in [5.74, 6) is 0. The van der Waals surface area contributed by atoms with E-state index in [0.717, 1.165) is 37.3 Å². The lowest BCUT2D eigenvalue weighted by Crippen LogP contribution is -2.48. The maximum absolute atomic E-state index is 5.78. The van der Waals surface area contributed by atoms with Gasteiger partial charge in [-0.05, 0) is 44.1 Å². The third kappa shape index (κ3) is 3.71. The van der Waals surface area contributed by atoms with Gasteiger partial charge in [-0.3, -0.25) is 4.98 Å². The lowest BCUT2D eigenvalue weighted by atomic mass is 10.2. The summed E-state index contributed by atoms with van der Waals surface area (Å²) >= 11 is 5.10. The largest absolute Gasteiger partial charge is 0.374 e. The number of hydrazone groups is 1. The maximum atomic E-state index is 5.78. The summed E-state index contributed by atoms with van der Waals surface area (Å²) in [6.07, 6.45) is 5.31. The Bertz CT molecular complexity index is 453. The zero-order valence-electron chi connectivity index (χ0n) is 11.1. The number of aromatic nitrogens is 1. The van der Waals surface area contributed by atoms with Crippen molar-refractivity contribution in [2.45, 2.75) is 26.2 Å². The predicted molar refractivity (Wildman–Crippen MR) is 80.5 cm³/mol. The SMILES string of the molecule is CC(=NN(C(N)=S)N1CCCCC1)c1ccccn1. The minimum absolute atomic E-state index is 0.275. The smallest absolute Gasteiger partial charge is 0.203 e. The van der Waals surface area contributed by atoms with Crippen molar-refractivity contribution >= 4 is 23.0 Å². The number of pyridine rings is 1.